The van der Waals surface area contributed by atoms with Crippen molar-refractivity contribution in [3.8, 4) is 0 Å². The summed E-state index contributed by atoms with van der Waals surface area (Å²) in [5.41, 5.74) is 1.25. The Labute approximate surface area is 116 Å². The summed E-state index contributed by atoms with van der Waals surface area (Å²) in [6.07, 6.45) is 3.59. The van der Waals surface area contributed by atoms with Crippen LogP contribution in [0.15, 0.2) is 24.3 Å². The van der Waals surface area contributed by atoms with E-state index in [-0.39, 0.29) is 0 Å². The number of carboxylic acids is 1. The van der Waals surface area contributed by atoms with E-state index in [1.54, 1.807) is 12.1 Å². The minimum absolute atomic E-state index is 0.393. The molecule has 0 aromatic heterocycles. The standard InChI is InChI=1S/C16H25NO2/c1-12(2)7-6-8-13(3)17-11-14-9-4-5-10-15(14)16(18)19/h4-5,9-10,12-13,17H,6-8,11H2,1-3H3,(H,18,19). The molecule has 1 aromatic carbocycles. The lowest BCUT2D eigenvalue weighted by Crippen LogP contribution is -2.26. The first-order valence-corrected chi connectivity index (χ1v) is 7.05. The molecule has 106 valence electrons. The molecular weight excluding hydrogens is 238 g/mol. The van der Waals surface area contributed by atoms with Crippen molar-refractivity contribution in [3.63, 3.8) is 0 Å². The fourth-order valence-corrected chi connectivity index (χ4v) is 2.10. The second-order valence-electron chi connectivity index (χ2n) is 5.57. The highest BCUT2D eigenvalue weighted by molar-refractivity contribution is 5.89. The van der Waals surface area contributed by atoms with Crippen LogP contribution >= 0.6 is 0 Å². The average molecular weight is 263 g/mol. The van der Waals surface area contributed by atoms with Gasteiger partial charge in [-0.1, -0.05) is 44.9 Å². The lowest BCUT2D eigenvalue weighted by Gasteiger charge is -2.15. The van der Waals surface area contributed by atoms with Crippen molar-refractivity contribution >= 4 is 5.97 Å². The van der Waals surface area contributed by atoms with Crippen LogP contribution in [0.4, 0.5) is 0 Å². The van der Waals surface area contributed by atoms with E-state index < -0.39 is 5.97 Å². The van der Waals surface area contributed by atoms with Crippen molar-refractivity contribution in [3.05, 3.63) is 35.4 Å². The quantitative estimate of drug-likeness (QED) is 0.752. The van der Waals surface area contributed by atoms with Crippen LogP contribution in [0.2, 0.25) is 0 Å². The summed E-state index contributed by atoms with van der Waals surface area (Å²) in [6, 6.07) is 7.59. The Kier molecular flexibility index (Phi) is 6.57. The van der Waals surface area contributed by atoms with Crippen molar-refractivity contribution in [2.24, 2.45) is 5.92 Å². The molecule has 0 saturated heterocycles. The molecule has 0 saturated carbocycles. The number of benzene rings is 1. The van der Waals surface area contributed by atoms with E-state index >= 15 is 0 Å². The lowest BCUT2D eigenvalue weighted by molar-refractivity contribution is 0.0695. The smallest absolute Gasteiger partial charge is 0.336 e. The summed E-state index contributed by atoms with van der Waals surface area (Å²) >= 11 is 0. The van der Waals surface area contributed by atoms with Gasteiger partial charge in [0.1, 0.15) is 0 Å². The molecule has 0 radical (unpaired) electrons. The summed E-state index contributed by atoms with van der Waals surface area (Å²) in [6.45, 7) is 7.25. The predicted molar refractivity (Wildman–Crippen MR) is 78.4 cm³/mol. The van der Waals surface area contributed by atoms with Crippen LogP contribution in [-0.4, -0.2) is 17.1 Å². The SMILES string of the molecule is CC(C)CCCC(C)NCc1ccccc1C(=O)O. The van der Waals surface area contributed by atoms with Crippen LogP contribution in [0.25, 0.3) is 0 Å². The molecule has 1 aromatic rings. The maximum Gasteiger partial charge on any atom is 0.336 e. The number of carbonyl (C=O) groups is 1. The molecule has 0 bridgehead atoms. The molecule has 3 nitrogen and oxygen atoms in total. The first kappa shape index (κ1) is 15.7. The maximum atomic E-state index is 11.1. The molecule has 2 N–H and O–H groups in total. The van der Waals surface area contributed by atoms with E-state index in [0.717, 1.165) is 17.9 Å². The third-order valence-corrected chi connectivity index (χ3v) is 3.31. The molecule has 0 amide bonds. The van der Waals surface area contributed by atoms with E-state index in [1.165, 1.54) is 12.8 Å². The highest BCUT2D eigenvalue weighted by Gasteiger charge is 2.09. The molecule has 1 unspecified atom stereocenters. The largest absolute Gasteiger partial charge is 0.478 e. The monoisotopic (exact) mass is 263 g/mol. The Bertz CT molecular complexity index is 401. The van der Waals surface area contributed by atoms with Gasteiger partial charge in [0, 0.05) is 12.6 Å². The maximum absolute atomic E-state index is 11.1. The second-order valence-corrected chi connectivity index (χ2v) is 5.57. The van der Waals surface area contributed by atoms with Gasteiger partial charge in [0.25, 0.3) is 0 Å². The zero-order valence-electron chi connectivity index (χ0n) is 12.1. The van der Waals surface area contributed by atoms with E-state index in [2.05, 4.69) is 26.1 Å². The van der Waals surface area contributed by atoms with Crippen LogP contribution in [0.3, 0.4) is 0 Å². The van der Waals surface area contributed by atoms with Crippen molar-refractivity contribution in [2.45, 2.75) is 52.6 Å². The molecule has 0 aliphatic heterocycles. The highest BCUT2D eigenvalue weighted by Crippen LogP contribution is 2.11. The summed E-state index contributed by atoms with van der Waals surface area (Å²) < 4.78 is 0. The molecule has 1 atom stereocenters. The number of aromatic carboxylic acids is 1. The topological polar surface area (TPSA) is 49.3 Å². The summed E-state index contributed by atoms with van der Waals surface area (Å²) in [7, 11) is 0. The molecule has 0 aliphatic rings. The van der Waals surface area contributed by atoms with Crippen molar-refractivity contribution < 1.29 is 9.90 Å². The van der Waals surface area contributed by atoms with Crippen LogP contribution < -0.4 is 5.32 Å². The Morgan fingerprint density at radius 1 is 1.21 bits per heavy atom. The Morgan fingerprint density at radius 2 is 1.89 bits per heavy atom. The number of rotatable bonds is 8. The van der Waals surface area contributed by atoms with Crippen molar-refractivity contribution in [2.75, 3.05) is 0 Å². The molecule has 0 aliphatic carbocycles. The van der Waals surface area contributed by atoms with Crippen LogP contribution in [-0.2, 0) is 6.54 Å². The zero-order valence-corrected chi connectivity index (χ0v) is 12.1. The lowest BCUT2D eigenvalue weighted by atomic mass is 10.0. The normalized spacial score (nSPS) is 12.6. The van der Waals surface area contributed by atoms with Gasteiger partial charge in [0.2, 0.25) is 0 Å². The van der Waals surface area contributed by atoms with Crippen LogP contribution in [0.5, 0.6) is 0 Å². The number of carboxylic acid groups (broad SMARTS) is 1. The van der Waals surface area contributed by atoms with Gasteiger partial charge in [-0.3, -0.25) is 0 Å². The first-order valence-electron chi connectivity index (χ1n) is 7.05. The number of hydrogen-bond donors (Lipinski definition) is 2. The fraction of sp³-hybridized carbons (Fsp3) is 0.562. The van der Waals surface area contributed by atoms with Gasteiger partial charge in [-0.15, -0.1) is 0 Å². The molecule has 0 fully saturated rings. The zero-order chi connectivity index (χ0) is 14.3. The van der Waals surface area contributed by atoms with Gasteiger partial charge in [-0.05, 0) is 30.9 Å². The van der Waals surface area contributed by atoms with Gasteiger partial charge in [-0.25, -0.2) is 4.79 Å². The van der Waals surface area contributed by atoms with E-state index in [0.29, 0.717) is 18.2 Å². The minimum Gasteiger partial charge on any atom is -0.478 e. The minimum atomic E-state index is -0.857. The second kappa shape index (κ2) is 7.95. The van der Waals surface area contributed by atoms with Gasteiger partial charge in [0.05, 0.1) is 5.56 Å². The van der Waals surface area contributed by atoms with Crippen molar-refractivity contribution in [1.29, 1.82) is 0 Å². The fourth-order valence-electron chi connectivity index (χ4n) is 2.10. The van der Waals surface area contributed by atoms with Crippen molar-refractivity contribution in [1.82, 2.24) is 5.32 Å². The predicted octanol–water partition coefficient (Wildman–Crippen LogP) is 3.69. The average Bonchev–Trinajstić information content (AvgIpc) is 2.36. The Balaban J connectivity index is 2.42. The molecule has 19 heavy (non-hydrogen) atoms. The van der Waals surface area contributed by atoms with Gasteiger partial charge < -0.3 is 10.4 Å². The third kappa shape index (κ3) is 5.88. The molecule has 0 heterocycles. The summed E-state index contributed by atoms with van der Waals surface area (Å²) in [5.74, 6) is -0.107. The van der Waals surface area contributed by atoms with E-state index in [1.807, 2.05) is 12.1 Å². The van der Waals surface area contributed by atoms with Gasteiger partial charge >= 0.3 is 5.97 Å². The molecule has 1 rings (SSSR count). The summed E-state index contributed by atoms with van der Waals surface area (Å²) in [4.78, 5) is 11.1. The van der Waals surface area contributed by atoms with Crippen LogP contribution in [0, 0.1) is 5.92 Å². The van der Waals surface area contributed by atoms with Gasteiger partial charge in [-0.2, -0.15) is 0 Å². The van der Waals surface area contributed by atoms with Gasteiger partial charge in [0.15, 0.2) is 0 Å². The molecular formula is C16H25NO2. The van der Waals surface area contributed by atoms with E-state index in [4.69, 9.17) is 5.11 Å². The Morgan fingerprint density at radius 3 is 2.53 bits per heavy atom. The molecule has 3 heteroatoms. The third-order valence-electron chi connectivity index (χ3n) is 3.31. The highest BCUT2D eigenvalue weighted by atomic mass is 16.4. The Hall–Kier alpha value is -1.35. The number of hydrogen-bond acceptors (Lipinski definition) is 2. The van der Waals surface area contributed by atoms with E-state index in [9.17, 15) is 4.79 Å². The first-order chi connectivity index (χ1) is 9.00. The van der Waals surface area contributed by atoms with Crippen LogP contribution in [0.1, 0.15) is 56.0 Å². The summed E-state index contributed by atoms with van der Waals surface area (Å²) in [5, 5.41) is 12.5. The number of nitrogens with one attached hydrogen (secondary N) is 1. The molecule has 0 spiro atoms.